The molecule has 1 aliphatic heterocycles. The van der Waals surface area contributed by atoms with Crippen LogP contribution >= 0.6 is 0 Å². The van der Waals surface area contributed by atoms with Gasteiger partial charge in [0, 0.05) is 24.9 Å². The largest absolute Gasteiger partial charge is 0.306 e. The maximum Gasteiger partial charge on any atom is 0.143 e. The lowest BCUT2D eigenvalue weighted by Crippen LogP contribution is -2.21. The molecule has 3 heterocycles. The molecule has 1 saturated heterocycles. The zero-order valence-corrected chi connectivity index (χ0v) is 12.1. The third kappa shape index (κ3) is 3.31. The molecule has 0 saturated carbocycles. The van der Waals surface area contributed by atoms with Crippen LogP contribution in [0.3, 0.4) is 0 Å². The molecular formula is C16H18N4O. The fraction of sp³-hybridized carbons (Fsp3) is 0.375. The van der Waals surface area contributed by atoms with Crippen molar-refractivity contribution in [3.05, 3.63) is 42.5 Å². The highest BCUT2D eigenvalue weighted by Crippen LogP contribution is 2.17. The third-order valence-electron chi connectivity index (χ3n) is 3.83. The Bertz CT molecular complexity index is 612. The second kappa shape index (κ2) is 6.10. The Labute approximate surface area is 124 Å². The summed E-state index contributed by atoms with van der Waals surface area (Å²) < 4.78 is 0. The lowest BCUT2D eigenvalue weighted by Gasteiger charge is -2.09. The van der Waals surface area contributed by atoms with Crippen molar-refractivity contribution in [3.63, 3.8) is 0 Å². The van der Waals surface area contributed by atoms with Gasteiger partial charge in [-0.2, -0.15) is 0 Å². The van der Waals surface area contributed by atoms with E-state index in [-0.39, 0.29) is 11.7 Å². The standard InChI is InChI=1S/C16H18N4O/c1-20-7-5-12(11-20)16(21)8-13-9-19-15(10-18-13)14-4-2-3-6-17-14/h2-4,6,9-10,12H,5,7-8,11H2,1H3. The van der Waals surface area contributed by atoms with E-state index in [4.69, 9.17) is 0 Å². The SMILES string of the molecule is CN1CCC(C(=O)Cc2cnc(-c3ccccn3)cn2)C1. The summed E-state index contributed by atoms with van der Waals surface area (Å²) in [6, 6.07) is 5.67. The minimum Gasteiger partial charge on any atom is -0.306 e. The first-order valence-corrected chi connectivity index (χ1v) is 7.16. The monoisotopic (exact) mass is 282 g/mol. The van der Waals surface area contributed by atoms with Gasteiger partial charge in [-0.05, 0) is 32.1 Å². The predicted octanol–water partition coefficient (Wildman–Crippen LogP) is 1.60. The van der Waals surface area contributed by atoms with Gasteiger partial charge in [-0.1, -0.05) is 6.07 Å². The van der Waals surface area contributed by atoms with Gasteiger partial charge in [-0.3, -0.25) is 19.7 Å². The summed E-state index contributed by atoms with van der Waals surface area (Å²) >= 11 is 0. The fourth-order valence-corrected chi connectivity index (χ4v) is 2.61. The van der Waals surface area contributed by atoms with Crippen molar-refractivity contribution in [2.24, 2.45) is 5.92 Å². The molecule has 2 aromatic heterocycles. The average Bonchev–Trinajstić information content (AvgIpc) is 2.96. The van der Waals surface area contributed by atoms with Crippen LogP contribution in [0, 0.1) is 5.92 Å². The number of ketones is 1. The highest BCUT2D eigenvalue weighted by atomic mass is 16.1. The molecule has 0 N–H and O–H groups in total. The molecule has 0 bridgehead atoms. The van der Waals surface area contributed by atoms with E-state index in [1.807, 2.05) is 18.2 Å². The van der Waals surface area contributed by atoms with Gasteiger partial charge in [0.25, 0.3) is 0 Å². The van der Waals surface area contributed by atoms with Gasteiger partial charge in [0.1, 0.15) is 11.5 Å². The summed E-state index contributed by atoms with van der Waals surface area (Å²) in [4.78, 5) is 27.3. The molecule has 2 aromatic rings. The summed E-state index contributed by atoms with van der Waals surface area (Å²) in [6.45, 7) is 1.86. The quantitative estimate of drug-likeness (QED) is 0.852. The van der Waals surface area contributed by atoms with Crippen molar-refractivity contribution >= 4 is 5.78 Å². The molecule has 1 atom stereocenters. The van der Waals surface area contributed by atoms with Gasteiger partial charge in [-0.15, -0.1) is 0 Å². The van der Waals surface area contributed by atoms with Gasteiger partial charge in [0.15, 0.2) is 0 Å². The van der Waals surface area contributed by atoms with E-state index in [9.17, 15) is 4.79 Å². The van der Waals surface area contributed by atoms with Crippen LogP contribution in [0.25, 0.3) is 11.4 Å². The van der Waals surface area contributed by atoms with Gasteiger partial charge >= 0.3 is 0 Å². The molecule has 1 unspecified atom stereocenters. The van der Waals surface area contributed by atoms with E-state index in [1.165, 1.54) is 0 Å². The van der Waals surface area contributed by atoms with E-state index in [0.717, 1.165) is 36.6 Å². The van der Waals surface area contributed by atoms with Crippen LogP contribution in [0.4, 0.5) is 0 Å². The van der Waals surface area contributed by atoms with Gasteiger partial charge in [0.2, 0.25) is 0 Å². The summed E-state index contributed by atoms with van der Waals surface area (Å²) in [7, 11) is 2.05. The molecule has 0 radical (unpaired) electrons. The van der Waals surface area contributed by atoms with Gasteiger partial charge < -0.3 is 4.90 Å². The molecule has 0 amide bonds. The summed E-state index contributed by atoms with van der Waals surface area (Å²) in [5, 5.41) is 0. The minimum atomic E-state index is 0.146. The Morgan fingerprint density at radius 2 is 2.14 bits per heavy atom. The van der Waals surface area contributed by atoms with Gasteiger partial charge in [-0.25, -0.2) is 0 Å². The second-order valence-electron chi connectivity index (χ2n) is 5.50. The maximum atomic E-state index is 12.2. The molecule has 21 heavy (non-hydrogen) atoms. The molecule has 1 fully saturated rings. The lowest BCUT2D eigenvalue weighted by atomic mass is 10.00. The number of carbonyl (C=O) groups is 1. The van der Waals surface area contributed by atoms with E-state index in [2.05, 4.69) is 26.9 Å². The Hall–Kier alpha value is -2.14. The van der Waals surface area contributed by atoms with E-state index < -0.39 is 0 Å². The Morgan fingerprint density at radius 3 is 2.76 bits per heavy atom. The molecule has 5 heteroatoms. The molecular weight excluding hydrogens is 264 g/mol. The van der Waals surface area contributed by atoms with Crippen LogP contribution in [-0.2, 0) is 11.2 Å². The Balaban J connectivity index is 1.66. The minimum absolute atomic E-state index is 0.146. The number of hydrogen-bond donors (Lipinski definition) is 0. The number of hydrogen-bond acceptors (Lipinski definition) is 5. The summed E-state index contributed by atoms with van der Waals surface area (Å²) in [6.07, 6.45) is 6.42. The van der Waals surface area contributed by atoms with Crippen molar-refractivity contribution < 1.29 is 4.79 Å². The number of Topliss-reactive ketones (excluding diaryl/α,β-unsaturated/α-hetero) is 1. The highest BCUT2D eigenvalue weighted by Gasteiger charge is 2.26. The van der Waals surface area contributed by atoms with Gasteiger partial charge in [0.05, 0.1) is 24.0 Å². The first-order chi connectivity index (χ1) is 10.2. The number of likely N-dealkylation sites (tertiary alicyclic amines) is 1. The molecule has 0 aliphatic carbocycles. The van der Waals surface area contributed by atoms with Crippen LogP contribution in [-0.4, -0.2) is 45.8 Å². The van der Waals surface area contributed by atoms with Crippen LogP contribution in [0.1, 0.15) is 12.1 Å². The predicted molar refractivity (Wildman–Crippen MR) is 79.6 cm³/mol. The summed E-state index contributed by atoms with van der Waals surface area (Å²) in [5.41, 5.74) is 2.25. The van der Waals surface area contributed by atoms with Crippen molar-refractivity contribution in [3.8, 4) is 11.4 Å². The topological polar surface area (TPSA) is 59.0 Å². The van der Waals surface area contributed by atoms with Crippen LogP contribution < -0.4 is 0 Å². The smallest absolute Gasteiger partial charge is 0.143 e. The van der Waals surface area contributed by atoms with Crippen LogP contribution in [0.5, 0.6) is 0 Å². The van der Waals surface area contributed by atoms with Crippen molar-refractivity contribution in [1.29, 1.82) is 0 Å². The molecule has 0 spiro atoms. The average molecular weight is 282 g/mol. The van der Waals surface area contributed by atoms with E-state index >= 15 is 0 Å². The first-order valence-electron chi connectivity index (χ1n) is 7.16. The zero-order chi connectivity index (χ0) is 14.7. The fourth-order valence-electron chi connectivity index (χ4n) is 2.61. The molecule has 1 aliphatic rings. The van der Waals surface area contributed by atoms with Crippen molar-refractivity contribution in [2.45, 2.75) is 12.8 Å². The molecule has 108 valence electrons. The number of aromatic nitrogens is 3. The highest BCUT2D eigenvalue weighted by molar-refractivity contribution is 5.83. The normalized spacial score (nSPS) is 18.8. The molecule has 0 aromatic carbocycles. The third-order valence-corrected chi connectivity index (χ3v) is 3.83. The second-order valence-corrected chi connectivity index (χ2v) is 5.50. The van der Waals surface area contributed by atoms with E-state index in [1.54, 1.807) is 18.6 Å². The Kier molecular flexibility index (Phi) is 4.01. The first kappa shape index (κ1) is 13.8. The van der Waals surface area contributed by atoms with E-state index in [0.29, 0.717) is 6.42 Å². The number of pyridine rings is 1. The number of carbonyl (C=O) groups excluding carboxylic acids is 1. The molecule has 5 nitrogen and oxygen atoms in total. The van der Waals surface area contributed by atoms with Crippen LogP contribution in [0.2, 0.25) is 0 Å². The number of rotatable bonds is 4. The van der Waals surface area contributed by atoms with Crippen molar-refractivity contribution in [1.82, 2.24) is 19.9 Å². The van der Waals surface area contributed by atoms with Crippen molar-refractivity contribution in [2.75, 3.05) is 20.1 Å². The maximum absolute atomic E-state index is 12.2. The molecule has 3 rings (SSSR count). The summed E-state index contributed by atoms with van der Waals surface area (Å²) in [5.74, 6) is 0.409. The van der Waals surface area contributed by atoms with Crippen LogP contribution in [0.15, 0.2) is 36.8 Å². The Morgan fingerprint density at radius 1 is 1.24 bits per heavy atom. The lowest BCUT2D eigenvalue weighted by molar-refractivity contribution is -0.121. The zero-order valence-electron chi connectivity index (χ0n) is 12.1. The number of nitrogens with zero attached hydrogens (tertiary/aromatic N) is 4.